The third kappa shape index (κ3) is 6.14. The first-order chi connectivity index (χ1) is 17.8. The second-order valence-electron chi connectivity index (χ2n) is 8.62. The normalized spacial score (nSPS) is 14.8. The fourth-order valence-corrected chi connectivity index (χ4v) is 4.53. The lowest BCUT2D eigenvalue weighted by Crippen LogP contribution is -2.43. The number of ether oxygens (including phenoxy) is 3. The minimum atomic E-state index is -0.266. The van der Waals surface area contributed by atoms with E-state index in [0.29, 0.717) is 54.3 Å². The lowest BCUT2D eigenvalue weighted by Gasteiger charge is -2.26. The first kappa shape index (κ1) is 27.1. The van der Waals surface area contributed by atoms with Crippen LogP contribution in [0, 0.1) is 0 Å². The molecule has 0 aliphatic carbocycles. The Balaban J connectivity index is 1.63. The van der Waals surface area contributed by atoms with Crippen LogP contribution in [0.3, 0.4) is 0 Å². The molecule has 196 valence electrons. The van der Waals surface area contributed by atoms with Crippen LogP contribution in [-0.2, 0) is 9.53 Å². The van der Waals surface area contributed by atoms with Crippen molar-refractivity contribution in [3.05, 3.63) is 61.6 Å². The molecule has 0 spiro atoms. The van der Waals surface area contributed by atoms with E-state index in [4.69, 9.17) is 30.8 Å². The first-order valence-electron chi connectivity index (χ1n) is 11.9. The fourth-order valence-electron chi connectivity index (χ4n) is 3.90. The summed E-state index contributed by atoms with van der Waals surface area (Å²) in [6.45, 7) is 5.94. The van der Waals surface area contributed by atoms with Crippen molar-refractivity contribution in [1.82, 2.24) is 14.6 Å². The summed E-state index contributed by atoms with van der Waals surface area (Å²) in [7, 11) is 1.49. The van der Waals surface area contributed by atoms with Crippen molar-refractivity contribution in [2.75, 3.05) is 40.0 Å². The van der Waals surface area contributed by atoms with Gasteiger partial charge in [0, 0.05) is 23.5 Å². The van der Waals surface area contributed by atoms with E-state index in [0.717, 1.165) is 10.9 Å². The molecule has 2 heterocycles. The summed E-state index contributed by atoms with van der Waals surface area (Å²) in [4.78, 5) is 32.2. The van der Waals surface area contributed by atoms with Crippen LogP contribution >= 0.6 is 27.5 Å². The zero-order valence-electron chi connectivity index (χ0n) is 20.9. The number of hydrogen-bond acceptors (Lipinski definition) is 7. The van der Waals surface area contributed by atoms with E-state index >= 15 is 0 Å². The molecule has 4 rings (SSSR count). The third-order valence-electron chi connectivity index (χ3n) is 6.16. The summed E-state index contributed by atoms with van der Waals surface area (Å²) in [5.41, 5.74) is 0.940. The average Bonchev–Trinajstić information content (AvgIpc) is 2.91. The Morgan fingerprint density at radius 3 is 2.76 bits per heavy atom. The second-order valence-corrected chi connectivity index (χ2v) is 9.94. The predicted molar refractivity (Wildman–Crippen MR) is 146 cm³/mol. The number of fused-ring (bicyclic) bond motifs is 1. The van der Waals surface area contributed by atoms with Gasteiger partial charge in [0.2, 0.25) is 0 Å². The van der Waals surface area contributed by atoms with E-state index in [1.807, 2.05) is 26.0 Å². The van der Waals surface area contributed by atoms with Crippen LogP contribution < -0.4 is 15.0 Å². The van der Waals surface area contributed by atoms with Gasteiger partial charge in [-0.25, -0.2) is 4.98 Å². The summed E-state index contributed by atoms with van der Waals surface area (Å²) < 4.78 is 18.6. The highest BCUT2D eigenvalue weighted by Crippen LogP contribution is 2.36. The number of carbonyl (C=O) groups is 1. The molecular formula is C26H28BrClN4O5. The molecule has 1 aliphatic heterocycles. The van der Waals surface area contributed by atoms with Gasteiger partial charge in [-0.15, -0.1) is 0 Å². The number of methoxy groups -OCH3 is 1. The third-order valence-corrected chi connectivity index (χ3v) is 6.94. The van der Waals surface area contributed by atoms with Crippen molar-refractivity contribution in [3.8, 4) is 11.5 Å². The van der Waals surface area contributed by atoms with Crippen molar-refractivity contribution < 1.29 is 19.0 Å². The zero-order valence-corrected chi connectivity index (χ0v) is 23.2. The molecule has 37 heavy (non-hydrogen) atoms. The van der Waals surface area contributed by atoms with E-state index in [9.17, 15) is 9.59 Å². The van der Waals surface area contributed by atoms with Gasteiger partial charge in [-0.3, -0.25) is 9.59 Å². The standard InChI is InChI=1S/C26H28BrClN4O5/c1-4-16(2)25-30-21-6-5-18(27)13-19(21)26(34)32(25)29-14-17-11-20(28)24(22(12-17)35-3)37-15-23(33)31-7-9-36-10-8-31/h5-6,11-14,16H,4,7-10,15H2,1-3H3/t16-/m0/s1. The molecule has 1 aromatic heterocycles. The second kappa shape index (κ2) is 12.1. The molecule has 1 saturated heterocycles. The molecule has 0 unspecified atom stereocenters. The highest BCUT2D eigenvalue weighted by Gasteiger charge is 2.20. The largest absolute Gasteiger partial charge is 0.493 e. The molecular weight excluding hydrogens is 564 g/mol. The molecule has 2 aromatic carbocycles. The Morgan fingerprint density at radius 1 is 1.30 bits per heavy atom. The molecule has 9 nitrogen and oxygen atoms in total. The minimum absolute atomic E-state index is 0.0100. The summed E-state index contributed by atoms with van der Waals surface area (Å²) in [5, 5.41) is 5.20. The number of halogens is 2. The van der Waals surface area contributed by atoms with Crippen molar-refractivity contribution in [3.63, 3.8) is 0 Å². The molecule has 1 fully saturated rings. The SMILES string of the molecule is CC[C@H](C)c1nc2ccc(Br)cc2c(=O)n1N=Cc1cc(Cl)c(OCC(=O)N2CCOCC2)c(OC)c1. The van der Waals surface area contributed by atoms with Gasteiger partial charge in [-0.1, -0.05) is 41.4 Å². The summed E-state index contributed by atoms with van der Waals surface area (Å²) in [6, 6.07) is 8.73. The number of morpholine rings is 1. The lowest BCUT2D eigenvalue weighted by molar-refractivity contribution is -0.137. The molecule has 1 atom stereocenters. The number of aromatic nitrogens is 2. The molecule has 11 heteroatoms. The van der Waals surface area contributed by atoms with Crippen molar-refractivity contribution in [2.24, 2.45) is 5.10 Å². The van der Waals surface area contributed by atoms with Crippen LogP contribution in [0.1, 0.15) is 37.6 Å². The molecule has 3 aromatic rings. The average molecular weight is 592 g/mol. The van der Waals surface area contributed by atoms with Crippen LogP contribution in [0.5, 0.6) is 11.5 Å². The summed E-state index contributed by atoms with van der Waals surface area (Å²) in [5.74, 6) is 1.03. The number of hydrogen-bond donors (Lipinski definition) is 0. The van der Waals surface area contributed by atoms with E-state index in [2.05, 4.69) is 21.0 Å². The Bertz CT molecular complexity index is 1390. The Morgan fingerprint density at radius 2 is 2.05 bits per heavy atom. The van der Waals surface area contributed by atoms with Gasteiger partial charge in [-0.05, 0) is 42.3 Å². The molecule has 0 bridgehead atoms. The van der Waals surface area contributed by atoms with E-state index in [1.54, 1.807) is 23.1 Å². The molecule has 1 amide bonds. The van der Waals surface area contributed by atoms with Gasteiger partial charge in [0.1, 0.15) is 5.82 Å². The maximum absolute atomic E-state index is 13.3. The Labute approximate surface area is 228 Å². The van der Waals surface area contributed by atoms with Gasteiger partial charge in [0.05, 0.1) is 42.5 Å². The highest BCUT2D eigenvalue weighted by molar-refractivity contribution is 9.10. The number of carbonyl (C=O) groups excluding carboxylic acids is 1. The summed E-state index contributed by atoms with van der Waals surface area (Å²) in [6.07, 6.45) is 2.31. The smallest absolute Gasteiger partial charge is 0.282 e. The minimum Gasteiger partial charge on any atom is -0.493 e. The Kier molecular flexibility index (Phi) is 8.83. The summed E-state index contributed by atoms with van der Waals surface area (Å²) >= 11 is 9.92. The van der Waals surface area contributed by atoms with E-state index in [-0.39, 0.29) is 34.8 Å². The molecule has 0 radical (unpaired) electrons. The van der Waals surface area contributed by atoms with Crippen LogP contribution in [0.2, 0.25) is 5.02 Å². The first-order valence-corrected chi connectivity index (χ1v) is 13.1. The van der Waals surface area contributed by atoms with Crippen molar-refractivity contribution >= 4 is 50.6 Å². The van der Waals surface area contributed by atoms with Crippen LogP contribution in [0.25, 0.3) is 10.9 Å². The number of benzene rings is 2. The van der Waals surface area contributed by atoms with Gasteiger partial charge in [0.25, 0.3) is 11.5 Å². The van der Waals surface area contributed by atoms with Crippen molar-refractivity contribution in [1.29, 1.82) is 0 Å². The quantitative estimate of drug-likeness (QED) is 0.359. The zero-order chi connectivity index (χ0) is 26.5. The number of nitrogens with zero attached hydrogens (tertiary/aromatic N) is 4. The fraction of sp³-hybridized carbons (Fsp3) is 0.385. The van der Waals surface area contributed by atoms with Crippen LogP contribution in [-0.4, -0.2) is 66.7 Å². The van der Waals surface area contributed by atoms with Crippen molar-refractivity contribution in [2.45, 2.75) is 26.2 Å². The monoisotopic (exact) mass is 590 g/mol. The van der Waals surface area contributed by atoms with Crippen LogP contribution in [0.4, 0.5) is 0 Å². The molecule has 0 N–H and O–H groups in total. The van der Waals surface area contributed by atoms with Gasteiger partial charge < -0.3 is 19.1 Å². The lowest BCUT2D eigenvalue weighted by atomic mass is 10.1. The predicted octanol–water partition coefficient (Wildman–Crippen LogP) is 4.45. The molecule has 1 aliphatic rings. The van der Waals surface area contributed by atoms with Gasteiger partial charge in [-0.2, -0.15) is 9.78 Å². The maximum atomic E-state index is 13.3. The Hall–Kier alpha value is -2.95. The number of amides is 1. The highest BCUT2D eigenvalue weighted by atomic mass is 79.9. The van der Waals surface area contributed by atoms with Gasteiger partial charge in [0.15, 0.2) is 18.1 Å². The van der Waals surface area contributed by atoms with E-state index < -0.39 is 0 Å². The molecule has 0 saturated carbocycles. The maximum Gasteiger partial charge on any atom is 0.282 e. The van der Waals surface area contributed by atoms with Crippen LogP contribution in [0.15, 0.2) is 44.7 Å². The van der Waals surface area contributed by atoms with E-state index in [1.165, 1.54) is 18.0 Å². The topological polar surface area (TPSA) is 95.3 Å². The van der Waals surface area contributed by atoms with Gasteiger partial charge >= 0.3 is 0 Å². The number of rotatable bonds is 8.